The van der Waals surface area contributed by atoms with E-state index in [1.54, 1.807) is 0 Å². The fourth-order valence-corrected chi connectivity index (χ4v) is 3.79. The van der Waals surface area contributed by atoms with E-state index in [-0.39, 0.29) is 23.7 Å². The number of hydrogen-bond acceptors (Lipinski definition) is 3. The molecule has 2 fully saturated rings. The molecular weight excluding hydrogens is 336 g/mol. The van der Waals surface area contributed by atoms with Gasteiger partial charge in [-0.1, -0.05) is 19.1 Å². The van der Waals surface area contributed by atoms with Crippen molar-refractivity contribution in [2.45, 2.75) is 58.0 Å². The first-order valence-electron chi connectivity index (χ1n) is 9.31. The SMILES string of the molecule is CC1(CN)CCN(C(=O)CCc2cccc(OC3CCCC3)c2)C1.Cl. The summed E-state index contributed by atoms with van der Waals surface area (Å²) in [5.41, 5.74) is 7.11. The second kappa shape index (κ2) is 8.91. The molecule has 25 heavy (non-hydrogen) atoms. The van der Waals surface area contributed by atoms with Gasteiger partial charge >= 0.3 is 0 Å². The van der Waals surface area contributed by atoms with Gasteiger partial charge in [-0.05, 0) is 68.2 Å². The Kier molecular flexibility index (Phi) is 7.14. The van der Waals surface area contributed by atoms with Crippen molar-refractivity contribution in [3.8, 4) is 5.75 Å². The number of nitrogens with two attached hydrogens (primary N) is 1. The molecule has 1 saturated heterocycles. The molecular formula is C20H31ClN2O2. The molecule has 1 aliphatic carbocycles. The van der Waals surface area contributed by atoms with Crippen LogP contribution in [0.25, 0.3) is 0 Å². The summed E-state index contributed by atoms with van der Waals surface area (Å²) in [6.07, 6.45) is 7.60. The maximum absolute atomic E-state index is 12.4. The zero-order chi connectivity index (χ0) is 17.0. The number of halogens is 1. The molecule has 3 rings (SSSR count). The first-order chi connectivity index (χ1) is 11.6. The smallest absolute Gasteiger partial charge is 0.222 e. The molecule has 2 aliphatic rings. The highest BCUT2D eigenvalue weighted by Crippen LogP contribution is 2.29. The second-order valence-electron chi connectivity index (χ2n) is 7.75. The molecule has 1 aromatic rings. The van der Waals surface area contributed by atoms with Crippen LogP contribution in [0, 0.1) is 5.41 Å². The highest BCUT2D eigenvalue weighted by molar-refractivity contribution is 5.85. The highest BCUT2D eigenvalue weighted by atomic mass is 35.5. The Hall–Kier alpha value is -1.26. The number of carbonyl (C=O) groups is 1. The minimum absolute atomic E-state index is 0. The van der Waals surface area contributed by atoms with E-state index in [4.69, 9.17) is 10.5 Å². The fraction of sp³-hybridized carbons (Fsp3) is 0.650. The van der Waals surface area contributed by atoms with Gasteiger partial charge in [-0.15, -0.1) is 12.4 Å². The number of nitrogens with zero attached hydrogens (tertiary/aromatic N) is 1. The number of hydrogen-bond donors (Lipinski definition) is 1. The van der Waals surface area contributed by atoms with Gasteiger partial charge in [0.2, 0.25) is 5.91 Å². The Bertz CT molecular complexity index is 575. The third kappa shape index (κ3) is 5.35. The molecule has 0 bridgehead atoms. The van der Waals surface area contributed by atoms with E-state index in [9.17, 15) is 4.79 Å². The molecule has 0 spiro atoms. The zero-order valence-electron chi connectivity index (χ0n) is 15.2. The number of ether oxygens (including phenoxy) is 1. The molecule has 1 unspecified atom stereocenters. The van der Waals surface area contributed by atoms with Gasteiger partial charge in [-0.2, -0.15) is 0 Å². The molecule has 1 aromatic carbocycles. The van der Waals surface area contributed by atoms with Gasteiger partial charge in [0.25, 0.3) is 0 Å². The Balaban J connectivity index is 0.00000225. The standard InChI is InChI=1S/C20H30N2O2.ClH/c1-20(14-21)11-12-22(15-20)19(23)10-9-16-5-4-8-18(13-16)24-17-6-2-3-7-17;/h4-5,8,13,17H,2-3,6-7,9-12,14-15,21H2,1H3;1H. The van der Waals surface area contributed by atoms with Gasteiger partial charge in [0.05, 0.1) is 6.10 Å². The topological polar surface area (TPSA) is 55.6 Å². The lowest BCUT2D eigenvalue weighted by atomic mass is 9.90. The van der Waals surface area contributed by atoms with Crippen molar-refractivity contribution in [3.05, 3.63) is 29.8 Å². The Morgan fingerprint density at radius 3 is 2.80 bits per heavy atom. The van der Waals surface area contributed by atoms with Crippen molar-refractivity contribution >= 4 is 18.3 Å². The fourth-order valence-electron chi connectivity index (χ4n) is 3.79. The Morgan fingerprint density at radius 1 is 1.36 bits per heavy atom. The summed E-state index contributed by atoms with van der Waals surface area (Å²) < 4.78 is 6.06. The number of carbonyl (C=O) groups excluding carboxylic acids is 1. The molecule has 1 heterocycles. The van der Waals surface area contributed by atoms with Gasteiger partial charge in [0, 0.05) is 19.5 Å². The van der Waals surface area contributed by atoms with Crippen molar-refractivity contribution in [3.63, 3.8) is 0 Å². The largest absolute Gasteiger partial charge is 0.490 e. The van der Waals surface area contributed by atoms with E-state index in [1.165, 1.54) is 18.4 Å². The van der Waals surface area contributed by atoms with Gasteiger partial charge in [0.15, 0.2) is 0 Å². The van der Waals surface area contributed by atoms with Crippen LogP contribution in [0.5, 0.6) is 5.75 Å². The number of rotatable bonds is 6. The van der Waals surface area contributed by atoms with Crippen LogP contribution in [0.2, 0.25) is 0 Å². The van der Waals surface area contributed by atoms with E-state index in [0.717, 1.165) is 44.5 Å². The van der Waals surface area contributed by atoms with Crippen molar-refractivity contribution < 1.29 is 9.53 Å². The number of amides is 1. The maximum atomic E-state index is 12.4. The van der Waals surface area contributed by atoms with Crippen LogP contribution >= 0.6 is 12.4 Å². The summed E-state index contributed by atoms with van der Waals surface area (Å²) >= 11 is 0. The average Bonchev–Trinajstić information content (AvgIpc) is 3.23. The highest BCUT2D eigenvalue weighted by Gasteiger charge is 2.34. The minimum atomic E-state index is 0. The molecule has 4 nitrogen and oxygen atoms in total. The molecule has 1 atom stereocenters. The van der Waals surface area contributed by atoms with Gasteiger partial charge in [-0.3, -0.25) is 4.79 Å². The lowest BCUT2D eigenvalue weighted by Gasteiger charge is -2.22. The molecule has 1 aliphatic heterocycles. The predicted molar refractivity (Wildman–Crippen MR) is 103 cm³/mol. The van der Waals surface area contributed by atoms with E-state index in [1.807, 2.05) is 17.0 Å². The molecule has 1 saturated carbocycles. The van der Waals surface area contributed by atoms with E-state index in [2.05, 4.69) is 19.1 Å². The number of aryl methyl sites for hydroxylation is 1. The van der Waals surface area contributed by atoms with Crippen molar-refractivity contribution in [2.24, 2.45) is 11.1 Å². The molecule has 140 valence electrons. The van der Waals surface area contributed by atoms with E-state index >= 15 is 0 Å². The molecule has 0 radical (unpaired) electrons. The van der Waals surface area contributed by atoms with Crippen LogP contribution in [0.4, 0.5) is 0 Å². The Morgan fingerprint density at radius 2 is 2.12 bits per heavy atom. The van der Waals surface area contributed by atoms with Crippen LogP contribution in [-0.2, 0) is 11.2 Å². The maximum Gasteiger partial charge on any atom is 0.222 e. The molecule has 5 heteroatoms. The summed E-state index contributed by atoms with van der Waals surface area (Å²) in [5.74, 6) is 1.19. The molecule has 1 amide bonds. The van der Waals surface area contributed by atoms with Gasteiger partial charge in [-0.25, -0.2) is 0 Å². The minimum Gasteiger partial charge on any atom is -0.490 e. The summed E-state index contributed by atoms with van der Waals surface area (Å²) in [6, 6.07) is 8.24. The first-order valence-corrected chi connectivity index (χ1v) is 9.31. The van der Waals surface area contributed by atoms with Crippen LogP contribution in [-0.4, -0.2) is 36.5 Å². The summed E-state index contributed by atoms with van der Waals surface area (Å²) in [5, 5.41) is 0. The second-order valence-corrected chi connectivity index (χ2v) is 7.75. The summed E-state index contributed by atoms with van der Waals surface area (Å²) in [6.45, 7) is 4.46. The quantitative estimate of drug-likeness (QED) is 0.837. The normalized spacial score (nSPS) is 23.5. The third-order valence-corrected chi connectivity index (χ3v) is 5.53. The third-order valence-electron chi connectivity index (χ3n) is 5.53. The predicted octanol–water partition coefficient (Wildman–Crippen LogP) is 3.56. The van der Waals surface area contributed by atoms with Crippen molar-refractivity contribution in [1.29, 1.82) is 0 Å². The van der Waals surface area contributed by atoms with Gasteiger partial charge < -0.3 is 15.4 Å². The van der Waals surface area contributed by atoms with Crippen LogP contribution < -0.4 is 10.5 Å². The lowest BCUT2D eigenvalue weighted by molar-refractivity contribution is -0.130. The number of likely N-dealkylation sites (tertiary alicyclic amines) is 1. The molecule has 2 N–H and O–H groups in total. The van der Waals surface area contributed by atoms with Gasteiger partial charge in [0.1, 0.15) is 5.75 Å². The van der Waals surface area contributed by atoms with E-state index < -0.39 is 0 Å². The van der Waals surface area contributed by atoms with Crippen LogP contribution in [0.15, 0.2) is 24.3 Å². The van der Waals surface area contributed by atoms with Crippen LogP contribution in [0.3, 0.4) is 0 Å². The average molecular weight is 367 g/mol. The van der Waals surface area contributed by atoms with Crippen molar-refractivity contribution in [1.82, 2.24) is 4.90 Å². The molecule has 0 aromatic heterocycles. The Labute approximate surface area is 157 Å². The lowest BCUT2D eigenvalue weighted by Crippen LogP contribution is -2.34. The summed E-state index contributed by atoms with van der Waals surface area (Å²) in [4.78, 5) is 14.4. The van der Waals surface area contributed by atoms with Crippen LogP contribution in [0.1, 0.15) is 51.0 Å². The van der Waals surface area contributed by atoms with E-state index in [0.29, 0.717) is 19.1 Å². The monoisotopic (exact) mass is 366 g/mol. The van der Waals surface area contributed by atoms with Crippen molar-refractivity contribution in [2.75, 3.05) is 19.6 Å². The summed E-state index contributed by atoms with van der Waals surface area (Å²) in [7, 11) is 0. The zero-order valence-corrected chi connectivity index (χ0v) is 16.0. The number of benzene rings is 1. The first kappa shape index (κ1) is 20.1.